The first kappa shape index (κ1) is 16.7. The summed E-state index contributed by atoms with van der Waals surface area (Å²) in [4.78, 5) is 26.4. The molecule has 2 heterocycles. The lowest BCUT2D eigenvalue weighted by atomic mass is 10.0. The lowest BCUT2D eigenvalue weighted by Gasteiger charge is -2.30. The zero-order valence-electron chi connectivity index (χ0n) is 13.8. The highest BCUT2D eigenvalue weighted by Gasteiger charge is 2.27. The van der Waals surface area contributed by atoms with Crippen LogP contribution >= 0.6 is 11.6 Å². The van der Waals surface area contributed by atoms with Gasteiger partial charge >= 0.3 is 0 Å². The summed E-state index contributed by atoms with van der Waals surface area (Å²) in [5.74, 6) is -0.603. The summed E-state index contributed by atoms with van der Waals surface area (Å²) in [7, 11) is 0. The number of rotatable bonds is 2. The van der Waals surface area contributed by atoms with Gasteiger partial charge in [-0.15, -0.1) is 0 Å². The second kappa shape index (κ2) is 6.53. The third-order valence-corrected chi connectivity index (χ3v) is 4.91. The highest BCUT2D eigenvalue weighted by Crippen LogP contribution is 2.36. The van der Waals surface area contributed by atoms with Crippen LogP contribution in [0.1, 0.15) is 12.0 Å². The lowest BCUT2D eigenvalue weighted by molar-refractivity contribution is -0.119. The molecule has 0 spiro atoms. The Hall–Kier alpha value is -2.73. The second-order valence-corrected chi connectivity index (χ2v) is 6.60. The Morgan fingerprint density at radius 3 is 2.88 bits per heavy atom. The largest absolute Gasteiger partial charge is 0.309 e. The van der Waals surface area contributed by atoms with Gasteiger partial charge in [-0.05, 0) is 37.1 Å². The molecule has 0 saturated carbocycles. The number of benzene rings is 2. The van der Waals surface area contributed by atoms with Gasteiger partial charge in [0.15, 0.2) is 0 Å². The van der Waals surface area contributed by atoms with Crippen molar-refractivity contribution in [3.05, 3.63) is 69.2 Å². The molecular weight excluding hydrogens is 357 g/mol. The van der Waals surface area contributed by atoms with Gasteiger partial charge in [-0.25, -0.2) is 4.39 Å². The number of para-hydroxylation sites is 1. The van der Waals surface area contributed by atoms with Crippen molar-refractivity contribution >= 4 is 34.1 Å². The SMILES string of the molecule is O=C(Cn1ncc(=O)c2ccccc21)N1CCCc2c(F)ccc(Cl)c21. The predicted molar refractivity (Wildman–Crippen MR) is 98.1 cm³/mol. The van der Waals surface area contributed by atoms with Crippen molar-refractivity contribution in [3.8, 4) is 0 Å². The Morgan fingerprint density at radius 1 is 1.23 bits per heavy atom. The molecule has 0 unspecified atom stereocenters. The molecule has 0 bridgehead atoms. The van der Waals surface area contributed by atoms with Gasteiger partial charge in [0.2, 0.25) is 11.3 Å². The molecule has 0 aliphatic carbocycles. The monoisotopic (exact) mass is 371 g/mol. The average molecular weight is 372 g/mol. The third-order valence-electron chi connectivity index (χ3n) is 4.60. The molecule has 4 rings (SSSR count). The minimum atomic E-state index is -0.353. The van der Waals surface area contributed by atoms with E-state index in [0.717, 1.165) is 0 Å². The van der Waals surface area contributed by atoms with Gasteiger partial charge in [-0.2, -0.15) is 5.10 Å². The fourth-order valence-electron chi connectivity index (χ4n) is 3.39. The van der Waals surface area contributed by atoms with Crippen LogP contribution in [0.15, 0.2) is 47.4 Å². The minimum absolute atomic E-state index is 0.0624. The quantitative estimate of drug-likeness (QED) is 0.695. The third kappa shape index (κ3) is 2.76. The molecule has 26 heavy (non-hydrogen) atoms. The summed E-state index contributed by atoms with van der Waals surface area (Å²) in [6.07, 6.45) is 2.41. The number of hydrogen-bond donors (Lipinski definition) is 0. The highest BCUT2D eigenvalue weighted by molar-refractivity contribution is 6.34. The smallest absolute Gasteiger partial charge is 0.248 e. The van der Waals surface area contributed by atoms with E-state index in [1.165, 1.54) is 27.9 Å². The molecule has 1 aromatic heterocycles. The van der Waals surface area contributed by atoms with E-state index in [4.69, 9.17) is 11.6 Å². The maximum atomic E-state index is 14.1. The van der Waals surface area contributed by atoms with E-state index in [9.17, 15) is 14.0 Å². The number of nitrogens with zero attached hydrogens (tertiary/aromatic N) is 3. The van der Waals surface area contributed by atoms with Crippen molar-refractivity contribution in [2.45, 2.75) is 19.4 Å². The van der Waals surface area contributed by atoms with Crippen LogP contribution in [0.5, 0.6) is 0 Å². The molecule has 2 aromatic carbocycles. The maximum absolute atomic E-state index is 14.1. The van der Waals surface area contributed by atoms with Crippen molar-refractivity contribution in [1.29, 1.82) is 0 Å². The topological polar surface area (TPSA) is 55.2 Å². The second-order valence-electron chi connectivity index (χ2n) is 6.19. The Morgan fingerprint density at radius 2 is 2.04 bits per heavy atom. The van der Waals surface area contributed by atoms with Crippen LogP contribution in [0.25, 0.3) is 10.9 Å². The summed E-state index contributed by atoms with van der Waals surface area (Å²) in [5, 5.41) is 4.94. The zero-order chi connectivity index (χ0) is 18.3. The molecule has 3 aromatic rings. The van der Waals surface area contributed by atoms with Gasteiger partial charge in [-0.1, -0.05) is 23.7 Å². The van der Waals surface area contributed by atoms with Gasteiger partial charge in [0, 0.05) is 17.5 Å². The van der Waals surface area contributed by atoms with Crippen LogP contribution < -0.4 is 10.3 Å². The van der Waals surface area contributed by atoms with Crippen LogP contribution in [0, 0.1) is 5.82 Å². The van der Waals surface area contributed by atoms with E-state index in [1.807, 2.05) is 0 Å². The summed E-state index contributed by atoms with van der Waals surface area (Å²) >= 11 is 6.25. The molecule has 1 aliphatic heterocycles. The lowest BCUT2D eigenvalue weighted by Crippen LogP contribution is -2.38. The number of carbonyl (C=O) groups excluding carboxylic acids is 1. The highest BCUT2D eigenvalue weighted by atomic mass is 35.5. The van der Waals surface area contributed by atoms with Gasteiger partial charge in [0.05, 0.1) is 22.4 Å². The average Bonchev–Trinajstić information content (AvgIpc) is 2.67. The number of hydrogen-bond acceptors (Lipinski definition) is 3. The fourth-order valence-corrected chi connectivity index (χ4v) is 3.67. The molecule has 0 fully saturated rings. The number of halogens is 2. The van der Waals surface area contributed by atoms with Crippen molar-refractivity contribution in [1.82, 2.24) is 9.78 Å². The summed E-state index contributed by atoms with van der Waals surface area (Å²) < 4.78 is 15.6. The van der Waals surface area contributed by atoms with Crippen molar-refractivity contribution < 1.29 is 9.18 Å². The molecule has 5 nitrogen and oxygen atoms in total. The van der Waals surface area contributed by atoms with Gasteiger partial charge < -0.3 is 4.90 Å². The molecule has 0 saturated heterocycles. The fraction of sp³-hybridized carbons (Fsp3) is 0.211. The first-order valence-electron chi connectivity index (χ1n) is 8.28. The molecule has 7 heteroatoms. The van der Waals surface area contributed by atoms with Crippen LogP contribution in [0.3, 0.4) is 0 Å². The van der Waals surface area contributed by atoms with E-state index in [0.29, 0.717) is 46.6 Å². The summed E-state index contributed by atoms with van der Waals surface area (Å²) in [5.41, 5.74) is 1.29. The Bertz CT molecular complexity index is 1080. The number of anilines is 1. The molecule has 0 N–H and O–H groups in total. The van der Waals surface area contributed by atoms with Crippen LogP contribution in [-0.4, -0.2) is 22.2 Å². The van der Waals surface area contributed by atoms with Crippen molar-refractivity contribution in [3.63, 3.8) is 0 Å². The zero-order valence-corrected chi connectivity index (χ0v) is 14.5. The normalized spacial score (nSPS) is 13.7. The molecule has 0 atom stereocenters. The Balaban J connectivity index is 1.73. The first-order chi connectivity index (χ1) is 12.6. The van der Waals surface area contributed by atoms with E-state index < -0.39 is 0 Å². The minimum Gasteiger partial charge on any atom is -0.309 e. The Labute approximate surface area is 153 Å². The summed E-state index contributed by atoms with van der Waals surface area (Å²) in [6.45, 7) is 0.403. The number of amides is 1. The molecule has 0 radical (unpaired) electrons. The standard InChI is InChI=1S/C19H15ClFN3O2/c20-14-7-8-15(21)12-5-3-9-23(19(12)14)18(26)11-24-16-6-2-1-4-13(16)17(25)10-22-24/h1-2,4,6-8,10H,3,5,9,11H2. The van der Waals surface area contributed by atoms with Gasteiger partial charge in [-0.3, -0.25) is 14.3 Å². The molecule has 1 aliphatic rings. The van der Waals surface area contributed by atoms with Crippen LogP contribution in [-0.2, 0) is 17.8 Å². The predicted octanol–water partition coefficient (Wildman–Crippen LogP) is 3.17. The van der Waals surface area contributed by atoms with E-state index in [-0.39, 0.29) is 23.7 Å². The molecule has 132 valence electrons. The molecular formula is C19H15ClFN3O2. The number of aromatic nitrogens is 2. The van der Waals surface area contributed by atoms with Crippen LogP contribution in [0.2, 0.25) is 5.02 Å². The van der Waals surface area contributed by atoms with E-state index in [2.05, 4.69) is 5.10 Å². The van der Waals surface area contributed by atoms with Gasteiger partial charge in [0.25, 0.3) is 0 Å². The van der Waals surface area contributed by atoms with Gasteiger partial charge in [0.1, 0.15) is 12.4 Å². The number of fused-ring (bicyclic) bond motifs is 2. The van der Waals surface area contributed by atoms with Crippen LogP contribution in [0.4, 0.5) is 10.1 Å². The van der Waals surface area contributed by atoms with Crippen molar-refractivity contribution in [2.24, 2.45) is 0 Å². The summed E-state index contributed by atoms with van der Waals surface area (Å²) in [6, 6.07) is 9.78. The van der Waals surface area contributed by atoms with E-state index in [1.54, 1.807) is 24.3 Å². The maximum Gasteiger partial charge on any atom is 0.248 e. The number of carbonyl (C=O) groups is 1. The van der Waals surface area contributed by atoms with E-state index >= 15 is 0 Å². The Kier molecular flexibility index (Phi) is 4.20. The van der Waals surface area contributed by atoms with Crippen molar-refractivity contribution in [2.75, 3.05) is 11.4 Å². The first-order valence-corrected chi connectivity index (χ1v) is 8.66. The molecule has 1 amide bonds.